The minimum Gasteiger partial charge on any atom is -0.493 e. The first kappa shape index (κ1) is 31.4. The van der Waals surface area contributed by atoms with Crippen LogP contribution < -0.4 is 23.7 Å². The third-order valence-electron chi connectivity index (χ3n) is 8.81. The van der Waals surface area contributed by atoms with Gasteiger partial charge in [-0.3, -0.25) is 4.79 Å². The maximum absolute atomic E-state index is 13.9. The first-order valence-electron chi connectivity index (χ1n) is 15.3. The summed E-state index contributed by atoms with van der Waals surface area (Å²) < 4.78 is 35.9. The van der Waals surface area contributed by atoms with Crippen molar-refractivity contribution in [3.63, 3.8) is 0 Å². The Morgan fingerprint density at radius 3 is 2.37 bits per heavy atom. The summed E-state index contributed by atoms with van der Waals surface area (Å²) in [5, 5.41) is 22.0. The van der Waals surface area contributed by atoms with Gasteiger partial charge in [0.2, 0.25) is 12.5 Å². The van der Waals surface area contributed by atoms with Gasteiger partial charge in [-0.05, 0) is 60.2 Å². The molecule has 2 aromatic heterocycles. The monoisotopic (exact) mass is 634 g/mol. The number of fused-ring (bicyclic) bond motifs is 3. The van der Waals surface area contributed by atoms with Crippen molar-refractivity contribution >= 4 is 17.1 Å². The van der Waals surface area contributed by atoms with E-state index in [2.05, 4.69) is 15.0 Å². The second-order valence-corrected chi connectivity index (χ2v) is 11.3. The normalized spacial score (nSPS) is 19.9. The Labute approximate surface area is 266 Å². The fourth-order valence-electron chi connectivity index (χ4n) is 6.54. The summed E-state index contributed by atoms with van der Waals surface area (Å²) in [7, 11) is 4.56. The number of methoxy groups -OCH3 is 3. The van der Waals surface area contributed by atoms with Crippen molar-refractivity contribution in [2.45, 2.75) is 44.2 Å². The van der Waals surface area contributed by atoms with Crippen LogP contribution in [0.25, 0.3) is 11.2 Å². The Kier molecular flexibility index (Phi) is 9.41. The molecular formula is C33H38N4O9. The second-order valence-electron chi connectivity index (χ2n) is 11.3. The molecule has 0 bridgehead atoms. The minimum absolute atomic E-state index is 0.0470. The first-order valence-corrected chi connectivity index (χ1v) is 15.3. The lowest BCUT2D eigenvalue weighted by molar-refractivity contribution is -0.155. The van der Waals surface area contributed by atoms with Crippen LogP contribution in [0, 0.1) is 11.8 Å². The van der Waals surface area contributed by atoms with Crippen molar-refractivity contribution in [1.29, 1.82) is 0 Å². The summed E-state index contributed by atoms with van der Waals surface area (Å²) in [6.07, 6.45) is 7.21. The molecular weight excluding hydrogens is 596 g/mol. The van der Waals surface area contributed by atoms with Gasteiger partial charge in [0.25, 0.3) is 0 Å². The van der Waals surface area contributed by atoms with Crippen LogP contribution in [0.15, 0.2) is 43.1 Å². The lowest BCUT2D eigenvalue weighted by Gasteiger charge is -2.41. The summed E-state index contributed by atoms with van der Waals surface area (Å²) in [5.41, 5.74) is 3.45. The number of carbonyl (C=O) groups excluding carboxylic acids is 1. The first-order chi connectivity index (χ1) is 22.5. The van der Waals surface area contributed by atoms with Gasteiger partial charge >= 0.3 is 5.97 Å². The third kappa shape index (κ3) is 5.87. The summed E-state index contributed by atoms with van der Waals surface area (Å²) in [6.45, 7) is 0.593. The number of aliphatic hydroxyl groups is 2. The summed E-state index contributed by atoms with van der Waals surface area (Å²) in [6, 6.07) is 7.07. The zero-order valence-electron chi connectivity index (χ0n) is 26.0. The molecule has 4 atom stereocenters. The van der Waals surface area contributed by atoms with Crippen molar-refractivity contribution in [2.75, 3.05) is 41.3 Å². The van der Waals surface area contributed by atoms with Gasteiger partial charge in [-0.2, -0.15) is 0 Å². The molecule has 1 aliphatic carbocycles. The van der Waals surface area contributed by atoms with E-state index in [1.54, 1.807) is 36.8 Å². The van der Waals surface area contributed by atoms with Crippen LogP contribution in [-0.4, -0.2) is 77.0 Å². The lowest BCUT2D eigenvalue weighted by Crippen LogP contribution is -2.41. The van der Waals surface area contributed by atoms with Crippen LogP contribution in [0.4, 0.5) is 0 Å². The van der Waals surface area contributed by atoms with E-state index in [0.29, 0.717) is 51.9 Å². The van der Waals surface area contributed by atoms with Crippen molar-refractivity contribution in [1.82, 2.24) is 19.5 Å². The van der Waals surface area contributed by atoms with Gasteiger partial charge in [-0.1, -0.05) is 6.42 Å². The topological polar surface area (TPSA) is 157 Å². The molecule has 0 spiro atoms. The predicted octanol–water partition coefficient (Wildman–Crippen LogP) is 3.79. The number of aryl methyl sites for hydroxylation is 1. The number of nitrogens with zero attached hydrogens (tertiary/aromatic N) is 4. The van der Waals surface area contributed by atoms with Crippen LogP contribution in [0.1, 0.15) is 54.4 Å². The van der Waals surface area contributed by atoms with Crippen LogP contribution in [0.5, 0.6) is 28.7 Å². The van der Waals surface area contributed by atoms with Crippen LogP contribution >= 0.6 is 0 Å². The number of imidazole rings is 1. The van der Waals surface area contributed by atoms with E-state index in [9.17, 15) is 15.0 Å². The SMILES string of the molecule is COc1cc([C@@H]2c3cc4c(cc3[C@H](O)[C@@H](CO)[C@H]2C(=O)OCCCCCCn2cnc3cncnc32)OCO4)cc(OC)c1OC. The van der Waals surface area contributed by atoms with Gasteiger partial charge in [0.05, 0.1) is 52.5 Å². The van der Waals surface area contributed by atoms with Gasteiger partial charge in [0.15, 0.2) is 28.6 Å². The number of benzene rings is 2. The molecule has 0 fully saturated rings. The highest BCUT2D eigenvalue weighted by Gasteiger charge is 2.48. The molecule has 46 heavy (non-hydrogen) atoms. The van der Waals surface area contributed by atoms with Gasteiger partial charge in [-0.15, -0.1) is 0 Å². The molecule has 4 aromatic rings. The molecule has 2 aromatic carbocycles. The fourth-order valence-corrected chi connectivity index (χ4v) is 6.54. The Morgan fingerprint density at radius 1 is 0.957 bits per heavy atom. The van der Waals surface area contributed by atoms with Gasteiger partial charge in [-0.25, -0.2) is 15.0 Å². The number of hydrogen-bond donors (Lipinski definition) is 2. The molecule has 0 amide bonds. The molecule has 2 N–H and O–H groups in total. The smallest absolute Gasteiger partial charge is 0.310 e. The number of ether oxygens (including phenoxy) is 6. The Bertz CT molecular complexity index is 1670. The Morgan fingerprint density at radius 2 is 1.67 bits per heavy atom. The minimum atomic E-state index is -1.14. The Balaban J connectivity index is 1.21. The maximum atomic E-state index is 13.9. The van der Waals surface area contributed by atoms with E-state index in [0.717, 1.165) is 37.0 Å². The zero-order chi connectivity index (χ0) is 32.2. The molecule has 0 unspecified atom stereocenters. The molecule has 6 rings (SSSR count). The van der Waals surface area contributed by atoms with Gasteiger partial charge in [0, 0.05) is 25.0 Å². The molecule has 0 saturated heterocycles. The third-order valence-corrected chi connectivity index (χ3v) is 8.81. The van der Waals surface area contributed by atoms with Crippen LogP contribution in [-0.2, 0) is 16.1 Å². The fraction of sp³-hybridized carbons (Fsp3) is 0.455. The highest BCUT2D eigenvalue weighted by atomic mass is 16.7. The second kappa shape index (κ2) is 13.8. The number of carbonyl (C=O) groups is 1. The average Bonchev–Trinajstić information content (AvgIpc) is 3.72. The summed E-state index contributed by atoms with van der Waals surface area (Å²) >= 11 is 0. The molecule has 244 valence electrons. The van der Waals surface area contributed by atoms with E-state index >= 15 is 0 Å². The van der Waals surface area contributed by atoms with Crippen LogP contribution in [0.3, 0.4) is 0 Å². The highest BCUT2D eigenvalue weighted by molar-refractivity contribution is 5.77. The largest absolute Gasteiger partial charge is 0.493 e. The van der Waals surface area contributed by atoms with E-state index in [4.69, 9.17) is 28.4 Å². The zero-order valence-corrected chi connectivity index (χ0v) is 26.0. The van der Waals surface area contributed by atoms with Crippen molar-refractivity contribution in [3.05, 3.63) is 59.8 Å². The van der Waals surface area contributed by atoms with E-state index in [1.807, 2.05) is 4.57 Å². The van der Waals surface area contributed by atoms with E-state index in [1.165, 1.54) is 27.7 Å². The number of unbranched alkanes of at least 4 members (excludes halogenated alkanes) is 3. The standard InChI is InChI=1S/C33H38N4O9/c1-41-26-10-19(11-27(42-2)31(26)43-3)28-20-12-24-25(46-18-45-24)13-21(20)30(39)22(15-38)29(28)33(40)44-9-7-5-4-6-8-37-17-36-23-14-34-16-35-32(23)37/h10-14,16-17,22,28-30,38-39H,4-9,15,18H2,1-3H3/t22-,28+,29+,30-/m0/s1. The molecule has 1 aliphatic heterocycles. The molecule has 0 saturated carbocycles. The summed E-state index contributed by atoms with van der Waals surface area (Å²) in [4.78, 5) is 26.6. The molecule has 2 aliphatic rings. The number of aromatic nitrogens is 4. The van der Waals surface area contributed by atoms with E-state index < -0.39 is 36.4 Å². The van der Waals surface area contributed by atoms with Crippen molar-refractivity contribution < 1.29 is 43.4 Å². The predicted molar refractivity (Wildman–Crippen MR) is 164 cm³/mol. The maximum Gasteiger partial charge on any atom is 0.310 e. The molecule has 13 nitrogen and oxygen atoms in total. The van der Waals surface area contributed by atoms with Gasteiger partial charge < -0.3 is 43.2 Å². The number of rotatable bonds is 13. The van der Waals surface area contributed by atoms with Crippen molar-refractivity contribution in [3.8, 4) is 28.7 Å². The lowest BCUT2D eigenvalue weighted by atomic mass is 9.65. The Hall–Kier alpha value is -4.62. The van der Waals surface area contributed by atoms with E-state index in [-0.39, 0.29) is 13.4 Å². The quantitative estimate of drug-likeness (QED) is 0.162. The summed E-state index contributed by atoms with van der Waals surface area (Å²) in [5.74, 6) is -0.691. The number of esters is 1. The number of aliphatic hydroxyl groups excluding tert-OH is 2. The average molecular weight is 635 g/mol. The molecule has 13 heteroatoms. The van der Waals surface area contributed by atoms with Crippen molar-refractivity contribution in [2.24, 2.45) is 11.8 Å². The molecule has 0 radical (unpaired) electrons. The molecule has 3 heterocycles. The number of hydrogen-bond acceptors (Lipinski definition) is 12. The highest BCUT2D eigenvalue weighted by Crippen LogP contribution is 2.54. The van der Waals surface area contributed by atoms with Gasteiger partial charge in [0.1, 0.15) is 11.8 Å². The van der Waals surface area contributed by atoms with Crippen LogP contribution in [0.2, 0.25) is 0 Å².